The van der Waals surface area contributed by atoms with E-state index in [1.165, 1.54) is 14.1 Å². The molecule has 1 aromatic carbocycles. The molecule has 0 aromatic heterocycles. The van der Waals surface area contributed by atoms with Crippen molar-refractivity contribution in [1.82, 2.24) is 19.2 Å². The first kappa shape index (κ1) is 19.0. The van der Waals surface area contributed by atoms with E-state index in [9.17, 15) is 22.8 Å². The molecule has 1 aliphatic rings. The van der Waals surface area contributed by atoms with Gasteiger partial charge in [-0.15, -0.1) is 0 Å². The highest BCUT2D eigenvalue weighted by atomic mass is 32.2. The van der Waals surface area contributed by atoms with Crippen LogP contribution in [-0.4, -0.2) is 69.1 Å². The van der Waals surface area contributed by atoms with Crippen molar-refractivity contribution in [3.8, 4) is 0 Å². The molecule has 9 nitrogen and oxygen atoms in total. The molecule has 25 heavy (non-hydrogen) atoms. The average Bonchev–Trinajstić information content (AvgIpc) is 2.81. The van der Waals surface area contributed by atoms with Crippen molar-refractivity contribution in [2.24, 2.45) is 0 Å². The van der Waals surface area contributed by atoms with Crippen LogP contribution in [0.3, 0.4) is 0 Å². The summed E-state index contributed by atoms with van der Waals surface area (Å²) in [4.78, 5) is 37.1. The normalized spacial score (nSPS) is 14.1. The number of imide groups is 1. The first-order valence-corrected chi connectivity index (χ1v) is 9.07. The molecule has 0 saturated heterocycles. The summed E-state index contributed by atoms with van der Waals surface area (Å²) in [5.41, 5.74) is 0.678. The van der Waals surface area contributed by atoms with Crippen molar-refractivity contribution >= 4 is 27.9 Å². The van der Waals surface area contributed by atoms with Crippen molar-refractivity contribution in [2.45, 2.75) is 6.42 Å². The molecule has 0 radical (unpaired) electrons. The lowest BCUT2D eigenvalue weighted by Crippen LogP contribution is -2.41. The average molecular weight is 368 g/mol. The predicted molar refractivity (Wildman–Crippen MR) is 90.0 cm³/mol. The van der Waals surface area contributed by atoms with E-state index in [0.29, 0.717) is 11.1 Å². The molecule has 1 heterocycles. The largest absolute Gasteiger partial charge is 0.355 e. The first-order chi connectivity index (χ1) is 11.7. The zero-order valence-electron chi connectivity index (χ0n) is 14.0. The lowest BCUT2D eigenvalue weighted by molar-refractivity contribution is -0.121. The number of carbonyl (C=O) groups excluding carboxylic acids is 3. The Labute approximate surface area is 146 Å². The van der Waals surface area contributed by atoms with Gasteiger partial charge in [-0.2, -0.15) is 12.7 Å². The van der Waals surface area contributed by atoms with E-state index in [-0.39, 0.29) is 32.0 Å². The third-order valence-electron chi connectivity index (χ3n) is 3.65. The quantitative estimate of drug-likeness (QED) is 0.460. The molecule has 1 aliphatic heterocycles. The molecule has 1 aromatic rings. The summed E-state index contributed by atoms with van der Waals surface area (Å²) < 4.78 is 26.3. The predicted octanol–water partition coefficient (Wildman–Crippen LogP) is -0.815. The Morgan fingerprint density at radius 3 is 2.16 bits per heavy atom. The minimum atomic E-state index is -3.53. The van der Waals surface area contributed by atoms with E-state index < -0.39 is 22.0 Å². The van der Waals surface area contributed by atoms with Crippen molar-refractivity contribution in [3.63, 3.8) is 0 Å². The second kappa shape index (κ2) is 7.72. The first-order valence-electron chi connectivity index (χ1n) is 7.63. The molecular formula is C15H20N4O5S. The van der Waals surface area contributed by atoms with Gasteiger partial charge in [0.1, 0.15) is 0 Å². The summed E-state index contributed by atoms with van der Waals surface area (Å²) in [6.07, 6.45) is -0.0497. The molecule has 0 fully saturated rings. The Bertz CT molecular complexity index is 756. The van der Waals surface area contributed by atoms with Gasteiger partial charge in [-0.25, -0.2) is 4.72 Å². The standard InChI is InChI=1S/C15H20N4O5S/c1-18(2)25(23,24)17-9-8-16-13(20)7-10-19-14(21)11-5-3-4-6-12(11)15(19)22/h3-6,17H,7-10H2,1-2H3,(H,16,20). The maximum Gasteiger partial charge on any atom is 0.278 e. The summed E-state index contributed by atoms with van der Waals surface area (Å²) in [5.74, 6) is -1.19. The second-order valence-corrected chi connectivity index (χ2v) is 7.56. The van der Waals surface area contributed by atoms with Crippen molar-refractivity contribution in [3.05, 3.63) is 35.4 Å². The van der Waals surface area contributed by atoms with Crippen LogP contribution in [0.2, 0.25) is 0 Å². The number of rotatable bonds is 8. The minimum absolute atomic E-state index is 0.0262. The second-order valence-electron chi connectivity index (χ2n) is 5.59. The molecule has 2 N–H and O–H groups in total. The molecule has 2 rings (SSSR count). The lowest BCUT2D eigenvalue weighted by atomic mass is 10.1. The number of nitrogens with one attached hydrogen (secondary N) is 2. The number of hydrogen-bond donors (Lipinski definition) is 2. The molecule has 10 heteroatoms. The molecule has 0 aliphatic carbocycles. The summed E-state index contributed by atoms with van der Waals surface area (Å²) in [5, 5.41) is 2.54. The number of hydrogen-bond acceptors (Lipinski definition) is 5. The maximum absolute atomic E-state index is 12.1. The van der Waals surface area contributed by atoms with Gasteiger partial charge in [-0.05, 0) is 12.1 Å². The highest BCUT2D eigenvalue weighted by Gasteiger charge is 2.34. The van der Waals surface area contributed by atoms with Gasteiger partial charge in [0.25, 0.3) is 22.0 Å². The van der Waals surface area contributed by atoms with Crippen molar-refractivity contribution in [2.75, 3.05) is 33.7 Å². The molecule has 0 saturated carbocycles. The summed E-state index contributed by atoms with van der Waals surface area (Å²) >= 11 is 0. The smallest absolute Gasteiger partial charge is 0.278 e. The summed E-state index contributed by atoms with van der Waals surface area (Å²) in [7, 11) is -0.748. The van der Waals surface area contributed by atoms with Gasteiger partial charge in [0.15, 0.2) is 0 Å². The van der Waals surface area contributed by atoms with Gasteiger partial charge in [0.2, 0.25) is 5.91 Å². The minimum Gasteiger partial charge on any atom is -0.355 e. The topological polar surface area (TPSA) is 116 Å². The van der Waals surface area contributed by atoms with Crippen LogP contribution in [0.4, 0.5) is 0 Å². The fourth-order valence-electron chi connectivity index (χ4n) is 2.25. The van der Waals surface area contributed by atoms with Crippen LogP contribution in [0.1, 0.15) is 27.1 Å². The molecule has 0 atom stereocenters. The van der Waals surface area contributed by atoms with Crippen LogP contribution in [0.25, 0.3) is 0 Å². The fraction of sp³-hybridized carbons (Fsp3) is 0.400. The van der Waals surface area contributed by atoms with Crippen molar-refractivity contribution < 1.29 is 22.8 Å². The van der Waals surface area contributed by atoms with Crippen LogP contribution >= 0.6 is 0 Å². The van der Waals surface area contributed by atoms with Gasteiger partial charge in [-0.1, -0.05) is 12.1 Å². The number of benzene rings is 1. The third kappa shape index (κ3) is 4.41. The van der Waals surface area contributed by atoms with Crippen molar-refractivity contribution in [1.29, 1.82) is 0 Å². The Balaban J connectivity index is 1.76. The van der Waals surface area contributed by atoms with E-state index >= 15 is 0 Å². The SMILES string of the molecule is CN(C)S(=O)(=O)NCCNC(=O)CCN1C(=O)c2ccccc2C1=O. The van der Waals surface area contributed by atoms with E-state index in [2.05, 4.69) is 10.0 Å². The maximum atomic E-state index is 12.1. The highest BCUT2D eigenvalue weighted by Crippen LogP contribution is 2.22. The zero-order chi connectivity index (χ0) is 18.6. The summed E-state index contributed by atoms with van der Waals surface area (Å²) in [6.45, 7) is 0.120. The number of amides is 3. The summed E-state index contributed by atoms with van der Waals surface area (Å²) in [6, 6.07) is 6.50. The lowest BCUT2D eigenvalue weighted by Gasteiger charge is -2.14. The monoisotopic (exact) mass is 368 g/mol. The van der Waals surface area contributed by atoms with Crippen LogP contribution in [-0.2, 0) is 15.0 Å². The molecule has 0 bridgehead atoms. The van der Waals surface area contributed by atoms with E-state index in [1.807, 2.05) is 0 Å². The van der Waals surface area contributed by atoms with Gasteiger partial charge in [-0.3, -0.25) is 19.3 Å². The van der Waals surface area contributed by atoms with Gasteiger partial charge < -0.3 is 5.32 Å². The van der Waals surface area contributed by atoms with Gasteiger partial charge >= 0.3 is 0 Å². The van der Waals surface area contributed by atoms with Crippen LogP contribution in [0.15, 0.2) is 24.3 Å². The molecule has 3 amide bonds. The van der Waals surface area contributed by atoms with Gasteiger partial charge in [0, 0.05) is 40.2 Å². The van der Waals surface area contributed by atoms with Gasteiger partial charge in [0.05, 0.1) is 11.1 Å². The number of nitrogens with zero attached hydrogens (tertiary/aromatic N) is 2. The zero-order valence-corrected chi connectivity index (χ0v) is 14.8. The molecule has 136 valence electrons. The van der Waals surface area contributed by atoms with Crippen LogP contribution in [0, 0.1) is 0 Å². The Kier molecular flexibility index (Phi) is 5.88. The fourth-order valence-corrected chi connectivity index (χ4v) is 2.87. The Morgan fingerprint density at radius 2 is 1.64 bits per heavy atom. The van der Waals surface area contributed by atoms with E-state index in [1.54, 1.807) is 24.3 Å². The van der Waals surface area contributed by atoms with Crippen LogP contribution < -0.4 is 10.0 Å². The van der Waals surface area contributed by atoms with E-state index in [0.717, 1.165) is 9.21 Å². The highest BCUT2D eigenvalue weighted by molar-refractivity contribution is 7.87. The number of fused-ring (bicyclic) bond motifs is 1. The number of carbonyl (C=O) groups is 3. The molecule has 0 unspecified atom stereocenters. The van der Waals surface area contributed by atoms with Crippen LogP contribution in [0.5, 0.6) is 0 Å². The molecule has 0 spiro atoms. The molecular weight excluding hydrogens is 348 g/mol. The third-order valence-corrected chi connectivity index (χ3v) is 5.18. The Hall–Kier alpha value is -2.30. The Morgan fingerprint density at radius 1 is 1.08 bits per heavy atom. The van der Waals surface area contributed by atoms with E-state index in [4.69, 9.17) is 0 Å².